The van der Waals surface area contributed by atoms with Crippen LogP contribution in [0.3, 0.4) is 0 Å². The number of nitrogens with two attached hydrogens (primary N) is 1. The molecule has 1 aliphatic heterocycles. The average molecular weight is 176 g/mol. The fraction of sp³-hybridized carbons (Fsp3) is 0.875. The average Bonchev–Trinajstić information content (AvgIpc) is 2.32. The van der Waals surface area contributed by atoms with E-state index in [1.165, 1.54) is 0 Å². The third-order valence-corrected chi connectivity index (χ3v) is 2.67. The third kappa shape index (κ3) is 1.30. The molecule has 0 aromatic rings. The number of aliphatic imine (C=N–C) groups is 1. The van der Waals surface area contributed by atoms with Gasteiger partial charge >= 0.3 is 0 Å². The van der Waals surface area contributed by atoms with Crippen LogP contribution in [0, 0.1) is 11.3 Å². The van der Waals surface area contributed by atoms with Gasteiger partial charge in [-0.05, 0) is 5.92 Å². The quantitative estimate of drug-likeness (QED) is 0.682. The molecule has 2 N–H and O–H groups in total. The van der Waals surface area contributed by atoms with Crippen molar-refractivity contribution in [2.45, 2.75) is 26.7 Å². The molecule has 0 saturated heterocycles. The lowest BCUT2D eigenvalue weighted by molar-refractivity contribution is -0.0210. The molecule has 1 heterocycles. The van der Waals surface area contributed by atoms with Crippen molar-refractivity contribution < 1.29 is 8.78 Å². The van der Waals surface area contributed by atoms with Crippen LogP contribution >= 0.6 is 0 Å². The smallest absolute Gasteiger partial charge is 0.246 e. The predicted molar refractivity (Wildman–Crippen MR) is 44.4 cm³/mol. The van der Waals surface area contributed by atoms with Crippen LogP contribution in [0.25, 0.3) is 0 Å². The maximum Gasteiger partial charge on any atom is 0.246 e. The normalized spacial score (nSPS) is 30.0. The van der Waals surface area contributed by atoms with E-state index in [1.807, 2.05) is 0 Å². The zero-order valence-corrected chi connectivity index (χ0v) is 7.35. The first-order chi connectivity index (χ1) is 5.49. The van der Waals surface area contributed by atoms with E-state index < -0.39 is 11.8 Å². The predicted octanol–water partition coefficient (Wildman–Crippen LogP) is 1.65. The Labute approximate surface area is 70.9 Å². The standard InChI is InChI=1S/C8H14F2N2/c1-5(2)8(7(9)10)3-6(11)12-4-8/h5,7H,3-4H2,1-2H3,(H2,11,12). The molecule has 2 nitrogen and oxygen atoms in total. The summed E-state index contributed by atoms with van der Waals surface area (Å²) in [6.07, 6.45) is -2.09. The molecule has 0 aromatic heterocycles. The maximum atomic E-state index is 12.7. The molecule has 0 fully saturated rings. The van der Waals surface area contributed by atoms with Gasteiger partial charge in [-0.25, -0.2) is 8.78 Å². The number of halogens is 2. The van der Waals surface area contributed by atoms with Crippen LogP contribution in [0.5, 0.6) is 0 Å². The highest BCUT2D eigenvalue weighted by Gasteiger charge is 2.46. The minimum Gasteiger partial charge on any atom is -0.387 e. The van der Waals surface area contributed by atoms with Crippen molar-refractivity contribution in [3.8, 4) is 0 Å². The third-order valence-electron chi connectivity index (χ3n) is 2.67. The molecule has 0 bridgehead atoms. The van der Waals surface area contributed by atoms with Gasteiger partial charge in [0.2, 0.25) is 6.43 Å². The summed E-state index contributed by atoms with van der Waals surface area (Å²) in [5.74, 6) is 0.284. The zero-order valence-electron chi connectivity index (χ0n) is 7.35. The molecule has 1 unspecified atom stereocenters. The highest BCUT2D eigenvalue weighted by Crippen LogP contribution is 2.41. The van der Waals surface area contributed by atoms with Gasteiger partial charge in [0.15, 0.2) is 0 Å². The van der Waals surface area contributed by atoms with Gasteiger partial charge in [-0.1, -0.05) is 13.8 Å². The van der Waals surface area contributed by atoms with E-state index in [1.54, 1.807) is 13.8 Å². The maximum absolute atomic E-state index is 12.7. The van der Waals surface area contributed by atoms with E-state index >= 15 is 0 Å². The minimum absolute atomic E-state index is 0.0812. The van der Waals surface area contributed by atoms with Crippen LogP contribution in [-0.2, 0) is 0 Å². The second-order valence-corrected chi connectivity index (χ2v) is 3.67. The summed E-state index contributed by atoms with van der Waals surface area (Å²) in [6, 6.07) is 0. The summed E-state index contributed by atoms with van der Waals surface area (Å²) in [4.78, 5) is 3.85. The molecule has 0 radical (unpaired) electrons. The van der Waals surface area contributed by atoms with E-state index in [2.05, 4.69) is 4.99 Å². The van der Waals surface area contributed by atoms with Gasteiger partial charge in [-0.2, -0.15) is 0 Å². The SMILES string of the molecule is CC(C)C1(C(F)F)CN=C(N)C1. The number of alkyl halides is 2. The first-order valence-electron chi connectivity index (χ1n) is 4.06. The van der Waals surface area contributed by atoms with E-state index in [0.717, 1.165) is 0 Å². The summed E-state index contributed by atoms with van der Waals surface area (Å²) < 4.78 is 25.4. The van der Waals surface area contributed by atoms with Gasteiger partial charge in [0.25, 0.3) is 0 Å². The fourth-order valence-corrected chi connectivity index (χ4v) is 1.48. The molecule has 0 spiro atoms. The Morgan fingerprint density at radius 1 is 1.50 bits per heavy atom. The van der Waals surface area contributed by atoms with Crippen molar-refractivity contribution in [1.82, 2.24) is 0 Å². The van der Waals surface area contributed by atoms with Crippen LogP contribution in [0.2, 0.25) is 0 Å². The lowest BCUT2D eigenvalue weighted by atomic mass is 9.76. The molecular formula is C8H14F2N2. The number of hydrogen-bond donors (Lipinski definition) is 1. The molecule has 12 heavy (non-hydrogen) atoms. The monoisotopic (exact) mass is 176 g/mol. The summed E-state index contributed by atoms with van der Waals surface area (Å²) in [6.45, 7) is 3.76. The first kappa shape index (κ1) is 9.42. The van der Waals surface area contributed by atoms with Gasteiger partial charge in [-0.15, -0.1) is 0 Å². The molecule has 70 valence electrons. The van der Waals surface area contributed by atoms with Crippen LogP contribution in [0.1, 0.15) is 20.3 Å². The largest absolute Gasteiger partial charge is 0.387 e. The number of nitrogens with zero attached hydrogens (tertiary/aromatic N) is 1. The molecule has 1 rings (SSSR count). The van der Waals surface area contributed by atoms with Crippen molar-refractivity contribution in [2.24, 2.45) is 22.1 Å². The van der Waals surface area contributed by atoms with Gasteiger partial charge in [-0.3, -0.25) is 4.99 Å². The summed E-state index contributed by atoms with van der Waals surface area (Å²) in [7, 11) is 0. The molecule has 0 aromatic carbocycles. The van der Waals surface area contributed by atoms with Crippen molar-refractivity contribution in [1.29, 1.82) is 0 Å². The molecular weight excluding hydrogens is 162 g/mol. The Morgan fingerprint density at radius 2 is 2.08 bits per heavy atom. The molecule has 4 heteroatoms. The van der Waals surface area contributed by atoms with Crippen LogP contribution in [0.15, 0.2) is 4.99 Å². The molecule has 1 aliphatic rings. The second-order valence-electron chi connectivity index (χ2n) is 3.67. The zero-order chi connectivity index (χ0) is 9.35. The number of amidine groups is 1. The highest BCUT2D eigenvalue weighted by molar-refractivity contribution is 5.82. The van der Waals surface area contributed by atoms with Crippen molar-refractivity contribution >= 4 is 5.84 Å². The Hall–Kier alpha value is -0.670. The minimum atomic E-state index is -2.33. The van der Waals surface area contributed by atoms with E-state index in [4.69, 9.17) is 5.73 Å². The van der Waals surface area contributed by atoms with E-state index in [-0.39, 0.29) is 18.9 Å². The number of rotatable bonds is 2. The van der Waals surface area contributed by atoms with Gasteiger partial charge in [0, 0.05) is 6.42 Å². The second kappa shape index (κ2) is 2.99. The highest BCUT2D eigenvalue weighted by atomic mass is 19.3. The molecule has 1 atom stereocenters. The first-order valence-corrected chi connectivity index (χ1v) is 4.06. The number of hydrogen-bond acceptors (Lipinski definition) is 2. The van der Waals surface area contributed by atoms with Gasteiger partial charge < -0.3 is 5.73 Å². The fourth-order valence-electron chi connectivity index (χ4n) is 1.48. The topological polar surface area (TPSA) is 38.4 Å². The van der Waals surface area contributed by atoms with Crippen molar-refractivity contribution in [3.05, 3.63) is 0 Å². The Kier molecular flexibility index (Phi) is 2.35. The lowest BCUT2D eigenvalue weighted by Crippen LogP contribution is -2.37. The van der Waals surface area contributed by atoms with Crippen LogP contribution in [0.4, 0.5) is 8.78 Å². The van der Waals surface area contributed by atoms with Gasteiger partial charge in [0.1, 0.15) is 0 Å². The Bertz CT molecular complexity index is 191. The summed E-state index contributed by atoms with van der Waals surface area (Å²) >= 11 is 0. The van der Waals surface area contributed by atoms with Crippen LogP contribution < -0.4 is 5.73 Å². The molecule has 0 aliphatic carbocycles. The Balaban J connectivity index is 2.79. The van der Waals surface area contributed by atoms with Gasteiger partial charge in [0.05, 0.1) is 17.8 Å². The van der Waals surface area contributed by atoms with E-state index in [0.29, 0.717) is 5.84 Å². The Morgan fingerprint density at radius 3 is 2.25 bits per heavy atom. The lowest BCUT2D eigenvalue weighted by Gasteiger charge is -2.31. The van der Waals surface area contributed by atoms with Crippen molar-refractivity contribution in [3.63, 3.8) is 0 Å². The van der Waals surface area contributed by atoms with Crippen LogP contribution in [-0.4, -0.2) is 18.8 Å². The molecule has 0 amide bonds. The summed E-state index contributed by atoms with van der Waals surface area (Å²) in [5.41, 5.74) is 4.41. The molecule has 0 saturated carbocycles. The van der Waals surface area contributed by atoms with Crippen molar-refractivity contribution in [2.75, 3.05) is 6.54 Å². The summed E-state index contributed by atoms with van der Waals surface area (Å²) in [5, 5.41) is 0. The van der Waals surface area contributed by atoms with E-state index in [9.17, 15) is 8.78 Å².